The van der Waals surface area contributed by atoms with Gasteiger partial charge < -0.3 is 20.7 Å². The second kappa shape index (κ2) is 8.27. The van der Waals surface area contributed by atoms with Crippen molar-refractivity contribution in [3.63, 3.8) is 0 Å². The number of allylic oxidation sites excluding steroid dienone is 1. The van der Waals surface area contributed by atoms with E-state index in [4.69, 9.17) is 10.5 Å². The SMILES string of the molecule is Nc1nc(=O)n([C@H]2CC(O)[C@@H](CO)O2)cc1C=CCCc1ccccc1. The largest absolute Gasteiger partial charge is 0.394 e. The number of hydrogen-bond acceptors (Lipinski definition) is 6. The van der Waals surface area contributed by atoms with Crippen LogP contribution in [0.25, 0.3) is 6.08 Å². The number of anilines is 1. The number of aromatic nitrogens is 2. The van der Waals surface area contributed by atoms with Gasteiger partial charge in [-0.2, -0.15) is 4.98 Å². The molecule has 0 radical (unpaired) electrons. The highest BCUT2D eigenvalue weighted by Crippen LogP contribution is 2.28. The van der Waals surface area contributed by atoms with Crippen LogP contribution in [-0.2, 0) is 11.2 Å². The maximum Gasteiger partial charge on any atom is 0.351 e. The summed E-state index contributed by atoms with van der Waals surface area (Å²) in [6.45, 7) is -0.304. The average molecular weight is 357 g/mol. The first-order chi connectivity index (χ1) is 12.6. The zero-order valence-electron chi connectivity index (χ0n) is 14.4. The van der Waals surface area contributed by atoms with Gasteiger partial charge in [-0.1, -0.05) is 42.5 Å². The summed E-state index contributed by atoms with van der Waals surface area (Å²) in [6.07, 6.45) is 5.16. The Labute approximate surface area is 151 Å². The minimum absolute atomic E-state index is 0.152. The first kappa shape index (κ1) is 18.3. The van der Waals surface area contributed by atoms with Crippen molar-refractivity contribution in [3.8, 4) is 0 Å². The van der Waals surface area contributed by atoms with Gasteiger partial charge in [0.1, 0.15) is 18.1 Å². The minimum atomic E-state index is -0.820. The van der Waals surface area contributed by atoms with E-state index in [-0.39, 0.29) is 18.8 Å². The molecule has 4 N–H and O–H groups in total. The van der Waals surface area contributed by atoms with E-state index >= 15 is 0 Å². The van der Waals surface area contributed by atoms with E-state index < -0.39 is 24.1 Å². The van der Waals surface area contributed by atoms with Gasteiger partial charge in [0.05, 0.1) is 12.7 Å². The van der Waals surface area contributed by atoms with Crippen molar-refractivity contribution in [2.75, 3.05) is 12.3 Å². The molecule has 1 aliphatic heterocycles. The van der Waals surface area contributed by atoms with Gasteiger partial charge in [0.15, 0.2) is 0 Å². The van der Waals surface area contributed by atoms with Crippen LogP contribution >= 0.6 is 0 Å². The van der Waals surface area contributed by atoms with Crippen LogP contribution in [0.2, 0.25) is 0 Å². The number of aliphatic hydroxyl groups excluding tert-OH is 2. The number of nitrogen functional groups attached to an aromatic ring is 1. The minimum Gasteiger partial charge on any atom is -0.394 e. The molecular formula is C19H23N3O4. The third-order valence-corrected chi connectivity index (χ3v) is 4.45. The summed E-state index contributed by atoms with van der Waals surface area (Å²) in [5.41, 5.74) is 7.18. The maximum atomic E-state index is 12.1. The number of rotatable bonds is 6. The molecule has 0 aliphatic carbocycles. The normalized spacial score (nSPS) is 22.9. The molecule has 3 rings (SSSR count). The predicted octanol–water partition coefficient (Wildman–Crippen LogP) is 1.11. The van der Waals surface area contributed by atoms with Gasteiger partial charge in [0.25, 0.3) is 0 Å². The van der Waals surface area contributed by atoms with Crippen molar-refractivity contribution in [2.45, 2.75) is 37.7 Å². The van der Waals surface area contributed by atoms with E-state index in [1.54, 1.807) is 6.20 Å². The standard InChI is InChI=1S/C19H23N3O4/c20-18-14(9-5-4-8-13-6-2-1-3-7-13)11-22(19(25)21-18)17-10-15(24)16(12-23)26-17/h1-3,5-7,9,11,15-17,23-24H,4,8,10,12H2,(H2,20,21,25)/t15?,16-,17-/m1/s1. The Kier molecular flexibility index (Phi) is 5.82. The average Bonchev–Trinajstić information content (AvgIpc) is 3.01. The monoisotopic (exact) mass is 357 g/mol. The number of hydrogen-bond donors (Lipinski definition) is 3. The molecular weight excluding hydrogens is 334 g/mol. The summed E-state index contributed by atoms with van der Waals surface area (Å²) in [4.78, 5) is 16.0. The maximum absolute atomic E-state index is 12.1. The molecule has 26 heavy (non-hydrogen) atoms. The second-order valence-corrected chi connectivity index (χ2v) is 6.31. The van der Waals surface area contributed by atoms with Crippen molar-refractivity contribution in [3.05, 3.63) is 64.2 Å². The fourth-order valence-electron chi connectivity index (χ4n) is 2.99. The van der Waals surface area contributed by atoms with Crippen LogP contribution in [0.5, 0.6) is 0 Å². The summed E-state index contributed by atoms with van der Waals surface area (Å²) in [7, 11) is 0. The lowest BCUT2D eigenvalue weighted by atomic mass is 10.1. The Balaban J connectivity index is 1.72. The van der Waals surface area contributed by atoms with Crippen molar-refractivity contribution in [1.82, 2.24) is 9.55 Å². The predicted molar refractivity (Wildman–Crippen MR) is 98.3 cm³/mol. The van der Waals surface area contributed by atoms with E-state index in [9.17, 15) is 15.0 Å². The third-order valence-electron chi connectivity index (χ3n) is 4.45. The highest BCUT2D eigenvalue weighted by atomic mass is 16.5. The number of nitrogens with zero attached hydrogens (tertiary/aromatic N) is 2. The van der Waals surface area contributed by atoms with Gasteiger partial charge in [0.2, 0.25) is 0 Å². The molecule has 1 unspecified atom stereocenters. The zero-order valence-corrected chi connectivity index (χ0v) is 14.4. The lowest BCUT2D eigenvalue weighted by molar-refractivity contribution is -0.0458. The smallest absolute Gasteiger partial charge is 0.351 e. The molecule has 1 fully saturated rings. The van der Waals surface area contributed by atoms with Crippen LogP contribution < -0.4 is 11.4 Å². The molecule has 0 spiro atoms. The second-order valence-electron chi connectivity index (χ2n) is 6.31. The topological polar surface area (TPSA) is 111 Å². The van der Waals surface area contributed by atoms with Crippen molar-refractivity contribution < 1.29 is 14.9 Å². The Morgan fingerprint density at radius 1 is 1.35 bits per heavy atom. The Morgan fingerprint density at radius 3 is 2.81 bits per heavy atom. The molecule has 0 bridgehead atoms. The Bertz CT molecular complexity index is 819. The number of ether oxygens (including phenoxy) is 1. The highest BCUT2D eigenvalue weighted by molar-refractivity contribution is 5.59. The molecule has 1 aromatic heterocycles. The number of aliphatic hydroxyl groups is 2. The highest BCUT2D eigenvalue weighted by Gasteiger charge is 2.35. The molecule has 1 saturated heterocycles. The molecule has 1 aromatic carbocycles. The van der Waals surface area contributed by atoms with E-state index in [0.29, 0.717) is 5.56 Å². The Morgan fingerprint density at radius 2 is 2.12 bits per heavy atom. The van der Waals surface area contributed by atoms with E-state index in [0.717, 1.165) is 12.8 Å². The van der Waals surface area contributed by atoms with Gasteiger partial charge in [-0.05, 0) is 18.4 Å². The third kappa shape index (κ3) is 4.19. The number of aryl methyl sites for hydroxylation is 1. The molecule has 0 amide bonds. The van der Waals surface area contributed by atoms with Crippen LogP contribution in [0.1, 0.15) is 30.2 Å². The number of nitrogens with two attached hydrogens (primary N) is 1. The lowest BCUT2D eigenvalue weighted by Gasteiger charge is -2.15. The first-order valence-corrected chi connectivity index (χ1v) is 8.62. The van der Waals surface area contributed by atoms with Gasteiger partial charge in [0, 0.05) is 18.2 Å². The van der Waals surface area contributed by atoms with E-state index in [1.165, 1.54) is 10.1 Å². The van der Waals surface area contributed by atoms with E-state index in [2.05, 4.69) is 17.1 Å². The van der Waals surface area contributed by atoms with Crippen LogP contribution in [0.3, 0.4) is 0 Å². The van der Waals surface area contributed by atoms with Gasteiger partial charge in [-0.15, -0.1) is 0 Å². The van der Waals surface area contributed by atoms with Crippen molar-refractivity contribution in [1.29, 1.82) is 0 Å². The molecule has 7 nitrogen and oxygen atoms in total. The van der Waals surface area contributed by atoms with Crippen molar-refractivity contribution >= 4 is 11.9 Å². The van der Waals surface area contributed by atoms with Crippen LogP contribution in [0.4, 0.5) is 5.82 Å². The van der Waals surface area contributed by atoms with Crippen LogP contribution in [0.15, 0.2) is 47.4 Å². The van der Waals surface area contributed by atoms with Crippen LogP contribution in [0, 0.1) is 0 Å². The van der Waals surface area contributed by atoms with E-state index in [1.807, 2.05) is 30.4 Å². The summed E-state index contributed by atoms with van der Waals surface area (Å²) in [5.74, 6) is 0.152. The lowest BCUT2D eigenvalue weighted by Crippen LogP contribution is -2.28. The molecule has 2 heterocycles. The zero-order chi connectivity index (χ0) is 18.5. The molecule has 0 saturated carbocycles. The summed E-state index contributed by atoms with van der Waals surface area (Å²) < 4.78 is 6.84. The number of benzene rings is 1. The fraction of sp³-hybridized carbons (Fsp3) is 0.368. The summed E-state index contributed by atoms with van der Waals surface area (Å²) in [5, 5.41) is 19.0. The van der Waals surface area contributed by atoms with Gasteiger partial charge >= 0.3 is 5.69 Å². The van der Waals surface area contributed by atoms with Gasteiger partial charge in [-0.25, -0.2) is 4.79 Å². The van der Waals surface area contributed by atoms with Crippen LogP contribution in [-0.4, -0.2) is 38.6 Å². The summed E-state index contributed by atoms with van der Waals surface area (Å²) >= 11 is 0. The fourth-order valence-corrected chi connectivity index (χ4v) is 2.99. The quantitative estimate of drug-likeness (QED) is 0.714. The molecule has 7 heteroatoms. The summed E-state index contributed by atoms with van der Waals surface area (Å²) in [6, 6.07) is 10.1. The Hall–Kier alpha value is -2.48. The van der Waals surface area contributed by atoms with Gasteiger partial charge in [-0.3, -0.25) is 4.57 Å². The molecule has 138 valence electrons. The van der Waals surface area contributed by atoms with Crippen molar-refractivity contribution in [2.24, 2.45) is 0 Å². The first-order valence-electron chi connectivity index (χ1n) is 8.62. The molecule has 1 aliphatic rings. The molecule has 3 atom stereocenters. The molecule has 2 aromatic rings.